The van der Waals surface area contributed by atoms with Gasteiger partial charge in [-0.3, -0.25) is 9.59 Å². The maximum absolute atomic E-state index is 13.3. The second-order valence-corrected chi connectivity index (χ2v) is 8.98. The Morgan fingerprint density at radius 3 is 2.62 bits per heavy atom. The van der Waals surface area contributed by atoms with Gasteiger partial charge in [0.25, 0.3) is 5.56 Å². The number of methoxy groups -OCH3 is 2. The average Bonchev–Trinajstić information content (AvgIpc) is 3.57. The molecule has 0 aliphatic carbocycles. The lowest BCUT2D eigenvalue weighted by Crippen LogP contribution is -2.29. The quantitative estimate of drug-likeness (QED) is 0.366. The van der Waals surface area contributed by atoms with Crippen LogP contribution >= 0.6 is 11.3 Å². The molecule has 5 rings (SSSR count). The molecule has 1 fully saturated rings. The minimum Gasteiger partial charge on any atom is -0.493 e. The predicted octanol–water partition coefficient (Wildman–Crippen LogP) is 4.00. The summed E-state index contributed by atoms with van der Waals surface area (Å²) in [6, 6.07) is 8.44. The van der Waals surface area contributed by atoms with Crippen LogP contribution < -0.4 is 19.9 Å². The molecule has 10 heteroatoms. The Kier molecular flexibility index (Phi) is 6.06. The molecule has 0 radical (unpaired) electrons. The third-order valence-electron chi connectivity index (χ3n) is 5.87. The molecule has 0 bridgehead atoms. The normalized spacial score (nSPS) is 13.9. The fraction of sp³-hybridized carbons (Fsp3) is 0.333. The smallest absolute Gasteiger partial charge is 0.294 e. The number of thiazole rings is 1. The van der Waals surface area contributed by atoms with Gasteiger partial charge in [-0.05, 0) is 49.6 Å². The first-order valence-corrected chi connectivity index (χ1v) is 11.9. The molecule has 0 N–H and O–H groups in total. The zero-order valence-corrected chi connectivity index (χ0v) is 19.8. The molecule has 1 aliphatic rings. The van der Waals surface area contributed by atoms with Crippen LogP contribution in [0.3, 0.4) is 0 Å². The molecule has 0 unspecified atom stereocenters. The van der Waals surface area contributed by atoms with Crippen molar-refractivity contribution in [2.45, 2.75) is 25.8 Å². The van der Waals surface area contributed by atoms with Crippen molar-refractivity contribution in [2.75, 3.05) is 32.2 Å². The number of fused-ring (bicyclic) bond motifs is 1. The lowest BCUT2D eigenvalue weighted by atomic mass is 10.1. The summed E-state index contributed by atoms with van der Waals surface area (Å²) in [6.45, 7) is 1.58. The minimum absolute atomic E-state index is 0.242. The number of furan rings is 1. The molecule has 3 aromatic heterocycles. The van der Waals surface area contributed by atoms with Gasteiger partial charge < -0.3 is 18.8 Å². The van der Waals surface area contributed by atoms with E-state index in [0.29, 0.717) is 38.7 Å². The summed E-state index contributed by atoms with van der Waals surface area (Å²) in [5.41, 5.74) is 0.782. The van der Waals surface area contributed by atoms with Crippen LogP contribution in [-0.4, -0.2) is 47.9 Å². The first-order chi connectivity index (χ1) is 16.6. The van der Waals surface area contributed by atoms with E-state index in [4.69, 9.17) is 13.9 Å². The van der Waals surface area contributed by atoms with Crippen molar-refractivity contribution in [1.82, 2.24) is 14.8 Å². The Balaban J connectivity index is 1.56. The number of carbonyl (C=O) groups is 1. The minimum atomic E-state index is -0.404. The first kappa shape index (κ1) is 22.1. The van der Waals surface area contributed by atoms with E-state index in [1.54, 1.807) is 36.6 Å². The summed E-state index contributed by atoms with van der Waals surface area (Å²) in [7, 11) is 3.03. The van der Waals surface area contributed by atoms with Crippen LogP contribution in [0.1, 0.15) is 29.6 Å². The van der Waals surface area contributed by atoms with Gasteiger partial charge in [-0.15, -0.1) is 0 Å². The molecular weight excluding hydrogens is 456 g/mol. The molecule has 0 saturated carbocycles. The van der Waals surface area contributed by atoms with Gasteiger partial charge in [0.1, 0.15) is 12.2 Å². The van der Waals surface area contributed by atoms with Gasteiger partial charge in [0.15, 0.2) is 33.7 Å². The summed E-state index contributed by atoms with van der Waals surface area (Å²) in [4.78, 5) is 33.3. The highest BCUT2D eigenvalue weighted by Gasteiger charge is 2.23. The molecule has 176 valence electrons. The van der Waals surface area contributed by atoms with Gasteiger partial charge in [-0.2, -0.15) is 5.10 Å². The third kappa shape index (κ3) is 4.05. The number of hydrogen-bond donors (Lipinski definition) is 0. The van der Waals surface area contributed by atoms with E-state index in [0.717, 1.165) is 31.1 Å². The first-order valence-electron chi connectivity index (χ1n) is 11.0. The van der Waals surface area contributed by atoms with E-state index in [1.807, 2.05) is 0 Å². The van der Waals surface area contributed by atoms with Crippen molar-refractivity contribution < 1.29 is 18.7 Å². The van der Waals surface area contributed by atoms with Gasteiger partial charge in [-0.25, -0.2) is 9.67 Å². The Hall–Kier alpha value is -3.66. The van der Waals surface area contributed by atoms with Crippen LogP contribution in [-0.2, 0) is 6.54 Å². The van der Waals surface area contributed by atoms with Crippen molar-refractivity contribution >= 4 is 32.5 Å². The standard InChI is InChI=1S/C24H24N4O5S/c1-31-17-9-8-15(13-19(17)32-2)16(29)14-28-23(30)21-22(20(26-28)18-7-6-12-33-18)34-24(25-21)27-10-4-3-5-11-27/h6-9,12-13H,3-5,10-11,14H2,1-2H3. The van der Waals surface area contributed by atoms with Crippen LogP contribution in [0.4, 0.5) is 5.13 Å². The number of nitrogens with zero attached hydrogens (tertiary/aromatic N) is 4. The maximum Gasteiger partial charge on any atom is 0.294 e. The number of carbonyl (C=O) groups excluding carboxylic acids is 1. The lowest BCUT2D eigenvalue weighted by molar-refractivity contribution is 0.0965. The van der Waals surface area contributed by atoms with Crippen LogP contribution in [0.15, 0.2) is 45.8 Å². The van der Waals surface area contributed by atoms with Crippen LogP contribution in [0.2, 0.25) is 0 Å². The molecular formula is C24H24N4O5S. The van der Waals surface area contributed by atoms with E-state index in [1.165, 1.54) is 36.7 Å². The van der Waals surface area contributed by atoms with Crippen LogP contribution in [0.25, 0.3) is 21.7 Å². The summed E-state index contributed by atoms with van der Waals surface area (Å²) in [5.74, 6) is 1.19. The number of ether oxygens (including phenoxy) is 2. The summed E-state index contributed by atoms with van der Waals surface area (Å²) >= 11 is 1.44. The van der Waals surface area contributed by atoms with Crippen molar-refractivity contribution in [3.63, 3.8) is 0 Å². The van der Waals surface area contributed by atoms with E-state index in [9.17, 15) is 9.59 Å². The summed E-state index contributed by atoms with van der Waals surface area (Å²) < 4.78 is 18.0. The molecule has 1 saturated heterocycles. The fourth-order valence-corrected chi connectivity index (χ4v) is 5.19. The molecule has 4 aromatic rings. The number of anilines is 1. The van der Waals surface area contributed by atoms with Crippen molar-refractivity contribution in [3.8, 4) is 23.0 Å². The highest BCUT2D eigenvalue weighted by molar-refractivity contribution is 7.22. The largest absolute Gasteiger partial charge is 0.493 e. The molecule has 0 spiro atoms. The summed E-state index contributed by atoms with van der Waals surface area (Å²) in [6.07, 6.45) is 4.96. The Morgan fingerprint density at radius 1 is 1.12 bits per heavy atom. The van der Waals surface area contributed by atoms with Crippen molar-refractivity contribution in [1.29, 1.82) is 0 Å². The highest BCUT2D eigenvalue weighted by Crippen LogP contribution is 2.35. The Bertz CT molecular complexity index is 1390. The SMILES string of the molecule is COc1ccc(C(=O)Cn2nc(-c3ccco3)c3sc(N4CCCCC4)nc3c2=O)cc1OC. The molecule has 1 aliphatic heterocycles. The van der Waals surface area contributed by atoms with Crippen LogP contribution in [0, 0.1) is 0 Å². The van der Waals surface area contributed by atoms with Gasteiger partial charge in [0.2, 0.25) is 0 Å². The van der Waals surface area contributed by atoms with Gasteiger partial charge in [0.05, 0.1) is 25.2 Å². The van der Waals surface area contributed by atoms with E-state index >= 15 is 0 Å². The number of hydrogen-bond acceptors (Lipinski definition) is 9. The second kappa shape index (κ2) is 9.30. The maximum atomic E-state index is 13.3. The molecule has 0 atom stereocenters. The fourth-order valence-electron chi connectivity index (χ4n) is 4.09. The number of aromatic nitrogens is 3. The van der Waals surface area contributed by atoms with E-state index in [2.05, 4.69) is 15.0 Å². The predicted molar refractivity (Wildman–Crippen MR) is 129 cm³/mol. The lowest BCUT2D eigenvalue weighted by Gasteiger charge is -2.25. The van der Waals surface area contributed by atoms with Crippen molar-refractivity contribution in [3.05, 3.63) is 52.5 Å². The number of Topliss-reactive ketones (excluding diaryl/α,β-unsaturated/α-hetero) is 1. The zero-order chi connectivity index (χ0) is 23.7. The summed E-state index contributed by atoms with van der Waals surface area (Å²) in [5, 5.41) is 5.33. The number of piperidine rings is 1. The molecule has 4 heterocycles. The topological polar surface area (TPSA) is 99.7 Å². The highest BCUT2D eigenvalue weighted by atomic mass is 32.1. The molecule has 9 nitrogen and oxygen atoms in total. The monoisotopic (exact) mass is 480 g/mol. The van der Waals surface area contributed by atoms with Gasteiger partial charge in [0, 0.05) is 18.7 Å². The molecule has 1 aromatic carbocycles. The van der Waals surface area contributed by atoms with E-state index in [-0.39, 0.29) is 12.3 Å². The second-order valence-electron chi connectivity index (χ2n) is 8.00. The molecule has 0 amide bonds. The number of ketones is 1. The zero-order valence-electron chi connectivity index (χ0n) is 18.9. The third-order valence-corrected chi connectivity index (χ3v) is 6.99. The molecule has 34 heavy (non-hydrogen) atoms. The van der Waals surface area contributed by atoms with E-state index < -0.39 is 5.56 Å². The Labute approximate surface area is 199 Å². The van der Waals surface area contributed by atoms with Crippen LogP contribution in [0.5, 0.6) is 11.5 Å². The average molecular weight is 481 g/mol. The van der Waals surface area contributed by atoms with Crippen molar-refractivity contribution in [2.24, 2.45) is 0 Å². The van der Waals surface area contributed by atoms with Gasteiger partial charge >= 0.3 is 0 Å². The number of rotatable bonds is 7. The van der Waals surface area contributed by atoms with Gasteiger partial charge in [-0.1, -0.05) is 11.3 Å². The number of benzene rings is 1. The Morgan fingerprint density at radius 2 is 1.91 bits per heavy atom.